The highest BCUT2D eigenvalue weighted by Gasteiger charge is 2.13. The summed E-state index contributed by atoms with van der Waals surface area (Å²) in [6.07, 6.45) is 0. The maximum Gasteiger partial charge on any atom is 0.325 e. The molecule has 0 unspecified atom stereocenters. The molecule has 0 spiro atoms. The number of nitrogens with zero attached hydrogens (tertiary/aromatic N) is 1. The summed E-state index contributed by atoms with van der Waals surface area (Å²) >= 11 is 5.90. The summed E-state index contributed by atoms with van der Waals surface area (Å²) < 4.78 is 4.47. The number of methoxy groups -OCH3 is 1. The Kier molecular flexibility index (Phi) is 4.20. The van der Waals surface area contributed by atoms with Gasteiger partial charge in [-0.05, 0) is 25.1 Å². The van der Waals surface area contributed by atoms with Crippen LogP contribution < -0.4 is 5.32 Å². The van der Waals surface area contributed by atoms with Gasteiger partial charge in [-0.2, -0.15) is 0 Å². The molecule has 0 saturated carbocycles. The van der Waals surface area contributed by atoms with E-state index in [2.05, 4.69) is 15.0 Å². The SMILES string of the molecule is COC(=O)CNC(=O)c1cc2ccc(Cl)cc2nc1C. The number of amides is 1. The van der Waals surface area contributed by atoms with Crippen LogP contribution in [0, 0.1) is 6.92 Å². The van der Waals surface area contributed by atoms with Crippen molar-refractivity contribution in [2.24, 2.45) is 0 Å². The number of aryl methyl sites for hydroxylation is 1. The first kappa shape index (κ1) is 14.3. The molecule has 1 heterocycles. The van der Waals surface area contributed by atoms with Gasteiger partial charge < -0.3 is 10.1 Å². The van der Waals surface area contributed by atoms with Crippen molar-refractivity contribution < 1.29 is 14.3 Å². The molecule has 104 valence electrons. The van der Waals surface area contributed by atoms with Crippen molar-refractivity contribution >= 4 is 34.4 Å². The smallest absolute Gasteiger partial charge is 0.325 e. The summed E-state index contributed by atoms with van der Waals surface area (Å²) in [4.78, 5) is 27.4. The van der Waals surface area contributed by atoms with E-state index in [1.165, 1.54) is 7.11 Å². The van der Waals surface area contributed by atoms with E-state index in [9.17, 15) is 9.59 Å². The van der Waals surface area contributed by atoms with Gasteiger partial charge in [0.05, 0.1) is 23.9 Å². The average Bonchev–Trinajstić information content (AvgIpc) is 2.43. The van der Waals surface area contributed by atoms with Crippen molar-refractivity contribution in [2.75, 3.05) is 13.7 Å². The van der Waals surface area contributed by atoms with E-state index in [1.54, 1.807) is 31.2 Å². The van der Waals surface area contributed by atoms with Crippen molar-refractivity contribution in [3.63, 3.8) is 0 Å². The summed E-state index contributed by atoms with van der Waals surface area (Å²) in [6, 6.07) is 6.98. The molecule has 0 aliphatic heterocycles. The Labute approximate surface area is 120 Å². The number of pyridine rings is 1. The Balaban J connectivity index is 2.30. The number of benzene rings is 1. The Morgan fingerprint density at radius 3 is 2.80 bits per heavy atom. The molecule has 0 aliphatic carbocycles. The maximum absolute atomic E-state index is 12.0. The third kappa shape index (κ3) is 3.05. The van der Waals surface area contributed by atoms with Gasteiger partial charge in [-0.1, -0.05) is 17.7 Å². The molecule has 0 fully saturated rings. The van der Waals surface area contributed by atoms with E-state index in [1.807, 2.05) is 0 Å². The molecular formula is C14H13ClN2O3. The lowest BCUT2D eigenvalue weighted by Gasteiger charge is -2.08. The Morgan fingerprint density at radius 2 is 2.10 bits per heavy atom. The number of esters is 1. The van der Waals surface area contributed by atoms with Crippen molar-refractivity contribution in [2.45, 2.75) is 6.92 Å². The number of nitrogens with one attached hydrogen (secondary N) is 1. The first-order valence-electron chi connectivity index (χ1n) is 5.93. The highest BCUT2D eigenvalue weighted by molar-refractivity contribution is 6.31. The van der Waals surface area contributed by atoms with Gasteiger partial charge in [0.15, 0.2) is 0 Å². The topological polar surface area (TPSA) is 68.3 Å². The van der Waals surface area contributed by atoms with E-state index in [-0.39, 0.29) is 12.5 Å². The van der Waals surface area contributed by atoms with Gasteiger partial charge in [0, 0.05) is 10.4 Å². The average molecular weight is 293 g/mol. The largest absolute Gasteiger partial charge is 0.468 e. The van der Waals surface area contributed by atoms with Crippen LogP contribution in [0.3, 0.4) is 0 Å². The van der Waals surface area contributed by atoms with E-state index < -0.39 is 5.97 Å². The minimum atomic E-state index is -0.503. The third-order valence-electron chi connectivity index (χ3n) is 2.84. The minimum Gasteiger partial charge on any atom is -0.468 e. The zero-order valence-electron chi connectivity index (χ0n) is 11.1. The zero-order chi connectivity index (χ0) is 14.7. The highest BCUT2D eigenvalue weighted by Crippen LogP contribution is 2.20. The van der Waals surface area contributed by atoms with Crippen molar-refractivity contribution in [1.82, 2.24) is 10.3 Å². The lowest BCUT2D eigenvalue weighted by Crippen LogP contribution is -2.30. The van der Waals surface area contributed by atoms with Crippen LogP contribution in [0.25, 0.3) is 10.9 Å². The molecule has 2 aromatic rings. The summed E-state index contributed by atoms with van der Waals surface area (Å²) in [7, 11) is 1.26. The molecule has 1 N–H and O–H groups in total. The monoisotopic (exact) mass is 292 g/mol. The number of halogens is 1. The van der Waals surface area contributed by atoms with Crippen LogP contribution in [0.15, 0.2) is 24.3 Å². The van der Waals surface area contributed by atoms with Crippen LogP contribution in [0.4, 0.5) is 0 Å². The third-order valence-corrected chi connectivity index (χ3v) is 3.07. The molecule has 20 heavy (non-hydrogen) atoms. The number of hydrogen-bond donors (Lipinski definition) is 1. The van der Waals surface area contributed by atoms with Gasteiger partial charge in [-0.15, -0.1) is 0 Å². The van der Waals surface area contributed by atoms with Crippen LogP contribution in [-0.4, -0.2) is 30.5 Å². The molecule has 1 aromatic carbocycles. The van der Waals surface area contributed by atoms with E-state index >= 15 is 0 Å². The molecule has 0 aliphatic rings. The Hall–Kier alpha value is -2.14. The van der Waals surface area contributed by atoms with E-state index in [0.717, 1.165) is 10.9 Å². The normalized spacial score (nSPS) is 10.3. The van der Waals surface area contributed by atoms with Crippen LogP contribution in [0.2, 0.25) is 5.02 Å². The summed E-state index contributed by atoms with van der Waals surface area (Å²) in [5.41, 5.74) is 1.71. The number of rotatable bonds is 3. The second-order valence-corrected chi connectivity index (χ2v) is 4.65. The van der Waals surface area contributed by atoms with E-state index in [4.69, 9.17) is 11.6 Å². The molecule has 6 heteroatoms. The summed E-state index contributed by atoms with van der Waals surface area (Å²) in [5, 5.41) is 3.89. The fourth-order valence-corrected chi connectivity index (χ4v) is 1.95. The van der Waals surface area contributed by atoms with Crippen molar-refractivity contribution in [3.8, 4) is 0 Å². The first-order chi connectivity index (χ1) is 9.51. The molecule has 5 nitrogen and oxygen atoms in total. The highest BCUT2D eigenvalue weighted by atomic mass is 35.5. The lowest BCUT2D eigenvalue weighted by atomic mass is 10.1. The number of ether oxygens (including phenoxy) is 1. The van der Waals surface area contributed by atoms with Gasteiger partial charge in [0.2, 0.25) is 0 Å². The number of carbonyl (C=O) groups excluding carboxylic acids is 2. The fraction of sp³-hybridized carbons (Fsp3) is 0.214. The molecule has 0 atom stereocenters. The lowest BCUT2D eigenvalue weighted by molar-refractivity contribution is -0.139. The minimum absolute atomic E-state index is 0.173. The quantitative estimate of drug-likeness (QED) is 0.880. The number of carbonyl (C=O) groups is 2. The Bertz CT molecular complexity index is 685. The fourth-order valence-electron chi connectivity index (χ4n) is 1.79. The van der Waals surface area contributed by atoms with Crippen LogP contribution in [0.1, 0.15) is 16.1 Å². The number of aromatic nitrogens is 1. The molecule has 0 radical (unpaired) electrons. The van der Waals surface area contributed by atoms with Crippen molar-refractivity contribution in [3.05, 3.63) is 40.5 Å². The molecular weight excluding hydrogens is 280 g/mol. The molecule has 0 saturated heterocycles. The molecule has 2 rings (SSSR count). The first-order valence-corrected chi connectivity index (χ1v) is 6.31. The standard InChI is InChI=1S/C14H13ClN2O3/c1-8-11(14(19)16-7-13(18)20-2)5-9-3-4-10(15)6-12(9)17-8/h3-6H,7H2,1-2H3,(H,16,19). The predicted octanol–water partition coefficient (Wildman–Crippen LogP) is 2.10. The summed E-state index contributed by atoms with van der Waals surface area (Å²) in [5.74, 6) is -0.867. The van der Waals surface area contributed by atoms with Crippen LogP contribution in [-0.2, 0) is 9.53 Å². The Morgan fingerprint density at radius 1 is 1.35 bits per heavy atom. The molecule has 1 aromatic heterocycles. The van der Waals surface area contributed by atoms with Gasteiger partial charge in [-0.3, -0.25) is 14.6 Å². The van der Waals surface area contributed by atoms with Crippen LogP contribution in [0.5, 0.6) is 0 Å². The molecule has 1 amide bonds. The maximum atomic E-state index is 12.0. The second kappa shape index (κ2) is 5.88. The summed E-state index contributed by atoms with van der Waals surface area (Å²) in [6.45, 7) is 1.56. The van der Waals surface area contributed by atoms with Crippen LogP contribution >= 0.6 is 11.6 Å². The second-order valence-electron chi connectivity index (χ2n) is 4.22. The zero-order valence-corrected chi connectivity index (χ0v) is 11.8. The molecule has 0 bridgehead atoms. The predicted molar refractivity (Wildman–Crippen MR) is 75.8 cm³/mol. The van der Waals surface area contributed by atoms with Gasteiger partial charge in [0.25, 0.3) is 5.91 Å². The van der Waals surface area contributed by atoms with Gasteiger partial charge in [0.1, 0.15) is 6.54 Å². The number of hydrogen-bond acceptors (Lipinski definition) is 4. The van der Waals surface area contributed by atoms with Gasteiger partial charge in [-0.25, -0.2) is 0 Å². The van der Waals surface area contributed by atoms with E-state index in [0.29, 0.717) is 16.3 Å². The number of fused-ring (bicyclic) bond motifs is 1. The van der Waals surface area contributed by atoms with Gasteiger partial charge >= 0.3 is 5.97 Å². The van der Waals surface area contributed by atoms with Crippen molar-refractivity contribution in [1.29, 1.82) is 0 Å².